The molecule has 0 unspecified atom stereocenters. The number of carbonyl (C=O) groups is 2. The Balaban J connectivity index is 1.53. The Morgan fingerprint density at radius 3 is 2.41 bits per heavy atom. The van der Waals surface area contributed by atoms with Gasteiger partial charge in [-0.25, -0.2) is 4.68 Å². The molecule has 2 amide bonds. The number of aromatic nitrogens is 2. The molecule has 1 N–H and O–H groups in total. The summed E-state index contributed by atoms with van der Waals surface area (Å²) in [7, 11) is 0. The van der Waals surface area contributed by atoms with Crippen molar-refractivity contribution < 1.29 is 14.5 Å². The zero-order valence-electron chi connectivity index (χ0n) is 21.2. The lowest BCUT2D eigenvalue weighted by molar-refractivity contribution is -0.384. The van der Waals surface area contributed by atoms with Crippen molar-refractivity contribution in [2.75, 3.05) is 18.4 Å². The van der Waals surface area contributed by atoms with Crippen LogP contribution in [0.4, 0.5) is 11.5 Å². The van der Waals surface area contributed by atoms with Gasteiger partial charge in [0.15, 0.2) is 0 Å². The van der Waals surface area contributed by atoms with E-state index in [2.05, 4.69) is 10.4 Å². The minimum atomic E-state index is -0.485. The Morgan fingerprint density at radius 1 is 1.05 bits per heavy atom. The first-order chi connectivity index (χ1) is 18.9. The molecule has 3 aromatic carbocycles. The van der Waals surface area contributed by atoms with E-state index in [-0.39, 0.29) is 18.1 Å². The molecule has 10 heteroatoms. The van der Waals surface area contributed by atoms with Crippen LogP contribution in [0.5, 0.6) is 0 Å². The van der Waals surface area contributed by atoms with Gasteiger partial charge in [0, 0.05) is 36.4 Å². The van der Waals surface area contributed by atoms with Gasteiger partial charge in [-0.1, -0.05) is 61.0 Å². The van der Waals surface area contributed by atoms with Crippen LogP contribution in [0.25, 0.3) is 23.0 Å². The molecule has 0 aliphatic rings. The van der Waals surface area contributed by atoms with Gasteiger partial charge in [-0.05, 0) is 42.3 Å². The second kappa shape index (κ2) is 12.7. The second-order valence-corrected chi connectivity index (χ2v) is 9.04. The lowest BCUT2D eigenvalue weighted by Crippen LogP contribution is -2.37. The number of nitrogens with one attached hydrogen (secondary N) is 1. The number of para-hydroxylation sites is 1. The summed E-state index contributed by atoms with van der Waals surface area (Å²) < 4.78 is 1.57. The average molecular weight is 544 g/mol. The third-order valence-electron chi connectivity index (χ3n) is 5.79. The number of nitro benzene ring substituents is 1. The van der Waals surface area contributed by atoms with Gasteiger partial charge < -0.3 is 10.2 Å². The summed E-state index contributed by atoms with van der Waals surface area (Å²) in [4.78, 5) is 37.8. The molecule has 0 bridgehead atoms. The maximum Gasteiger partial charge on any atom is 0.269 e. The number of halogens is 1. The van der Waals surface area contributed by atoms with E-state index >= 15 is 0 Å². The molecule has 0 aliphatic heterocycles. The fourth-order valence-corrected chi connectivity index (χ4v) is 4.12. The highest BCUT2D eigenvalue weighted by molar-refractivity contribution is 6.32. The fourth-order valence-electron chi connectivity index (χ4n) is 3.90. The number of rotatable bonds is 10. The van der Waals surface area contributed by atoms with Crippen LogP contribution in [0.1, 0.15) is 18.9 Å². The molecule has 0 saturated carbocycles. The van der Waals surface area contributed by atoms with Crippen molar-refractivity contribution in [2.24, 2.45) is 0 Å². The molecule has 0 radical (unpaired) electrons. The van der Waals surface area contributed by atoms with Gasteiger partial charge in [-0.15, -0.1) is 0 Å². The number of nitro groups is 1. The van der Waals surface area contributed by atoms with Crippen molar-refractivity contribution in [1.82, 2.24) is 14.7 Å². The lowest BCUT2D eigenvalue weighted by atomic mass is 10.1. The van der Waals surface area contributed by atoms with E-state index in [0.29, 0.717) is 40.8 Å². The third-order valence-corrected chi connectivity index (χ3v) is 6.11. The molecular formula is C29H26ClN5O4. The number of hydrogen-bond acceptors (Lipinski definition) is 5. The third kappa shape index (κ3) is 6.97. The summed E-state index contributed by atoms with van der Waals surface area (Å²) >= 11 is 6.43. The maximum absolute atomic E-state index is 13.1. The molecule has 0 atom stereocenters. The van der Waals surface area contributed by atoms with Crippen LogP contribution < -0.4 is 5.32 Å². The number of carbonyl (C=O) groups excluding carboxylic acids is 2. The van der Waals surface area contributed by atoms with E-state index in [4.69, 9.17) is 11.6 Å². The van der Waals surface area contributed by atoms with Crippen molar-refractivity contribution in [3.63, 3.8) is 0 Å². The quantitative estimate of drug-likeness (QED) is 0.150. The summed E-state index contributed by atoms with van der Waals surface area (Å²) in [5, 5.41) is 18.9. The van der Waals surface area contributed by atoms with Crippen molar-refractivity contribution in [3.05, 3.63) is 112 Å². The van der Waals surface area contributed by atoms with Gasteiger partial charge >= 0.3 is 0 Å². The monoisotopic (exact) mass is 543 g/mol. The molecule has 4 aromatic rings. The van der Waals surface area contributed by atoms with Gasteiger partial charge in [0.05, 0.1) is 21.3 Å². The van der Waals surface area contributed by atoms with Gasteiger partial charge in [0.2, 0.25) is 11.8 Å². The molecule has 39 heavy (non-hydrogen) atoms. The summed E-state index contributed by atoms with van der Waals surface area (Å²) in [6.07, 6.45) is 3.57. The number of non-ortho nitro benzene ring substituents is 1. The molecule has 0 fully saturated rings. The van der Waals surface area contributed by atoms with Gasteiger partial charge in [-0.3, -0.25) is 19.7 Å². The normalized spacial score (nSPS) is 10.9. The maximum atomic E-state index is 13.1. The number of amides is 2. The largest absolute Gasteiger partial charge is 0.330 e. The van der Waals surface area contributed by atoms with Crippen LogP contribution in [0, 0.1) is 10.1 Å². The van der Waals surface area contributed by atoms with Crippen molar-refractivity contribution in [2.45, 2.75) is 13.3 Å². The Kier molecular flexibility index (Phi) is 8.86. The first kappa shape index (κ1) is 27.3. The molecule has 9 nitrogen and oxygen atoms in total. The smallest absolute Gasteiger partial charge is 0.269 e. The predicted octanol–water partition coefficient (Wildman–Crippen LogP) is 5.99. The van der Waals surface area contributed by atoms with E-state index in [1.54, 1.807) is 41.1 Å². The van der Waals surface area contributed by atoms with Crippen molar-refractivity contribution >= 4 is 41.0 Å². The van der Waals surface area contributed by atoms with Gasteiger partial charge in [0.1, 0.15) is 12.4 Å². The number of benzene rings is 3. The Labute approximate surface area is 230 Å². The first-order valence-electron chi connectivity index (χ1n) is 12.3. The lowest BCUT2D eigenvalue weighted by Gasteiger charge is -2.20. The van der Waals surface area contributed by atoms with Crippen LogP contribution in [0.15, 0.2) is 91.0 Å². The van der Waals surface area contributed by atoms with E-state index in [9.17, 15) is 19.7 Å². The van der Waals surface area contributed by atoms with Gasteiger partial charge in [-0.2, -0.15) is 5.10 Å². The van der Waals surface area contributed by atoms with E-state index < -0.39 is 10.8 Å². The summed E-state index contributed by atoms with van der Waals surface area (Å²) in [6, 6.07) is 24.3. The van der Waals surface area contributed by atoms with Crippen molar-refractivity contribution in [3.8, 4) is 16.9 Å². The molecule has 0 aliphatic carbocycles. The molecule has 198 valence electrons. The second-order valence-electron chi connectivity index (χ2n) is 8.63. The van der Waals surface area contributed by atoms with Crippen LogP contribution in [-0.2, 0) is 9.59 Å². The molecule has 4 rings (SSSR count). The van der Waals surface area contributed by atoms with E-state index in [1.165, 1.54) is 23.1 Å². The highest BCUT2D eigenvalue weighted by Crippen LogP contribution is 2.28. The molecular weight excluding hydrogens is 518 g/mol. The predicted molar refractivity (Wildman–Crippen MR) is 152 cm³/mol. The first-order valence-corrected chi connectivity index (χ1v) is 12.6. The van der Waals surface area contributed by atoms with E-state index in [1.807, 2.05) is 49.4 Å². The van der Waals surface area contributed by atoms with Crippen molar-refractivity contribution in [1.29, 1.82) is 0 Å². The van der Waals surface area contributed by atoms with Gasteiger partial charge in [0.25, 0.3) is 5.69 Å². The Morgan fingerprint density at radius 2 is 1.74 bits per heavy atom. The molecule has 0 spiro atoms. The zero-order chi connectivity index (χ0) is 27.8. The highest BCUT2D eigenvalue weighted by Gasteiger charge is 2.19. The van der Waals surface area contributed by atoms with Crippen LogP contribution in [0.3, 0.4) is 0 Å². The highest BCUT2D eigenvalue weighted by atomic mass is 35.5. The van der Waals surface area contributed by atoms with Crippen LogP contribution in [0.2, 0.25) is 5.02 Å². The number of nitrogens with zero attached hydrogens (tertiary/aromatic N) is 4. The molecule has 1 heterocycles. The standard InChI is InChI=1S/C29H26ClN5O4/c1-2-18-33(29(37)17-14-21-12-15-23(16-13-21)35(38)39)20-28(36)31-27-19-25(22-8-4-3-5-9-22)32-34(27)26-11-7-6-10-24(26)30/h3-17,19H,2,18,20H2,1H3,(H,31,36). The molecule has 0 saturated heterocycles. The summed E-state index contributed by atoms with van der Waals surface area (Å²) in [5.41, 5.74) is 2.72. The minimum absolute atomic E-state index is 0.0331. The summed E-state index contributed by atoms with van der Waals surface area (Å²) in [5.74, 6) is -0.333. The average Bonchev–Trinajstić information content (AvgIpc) is 3.35. The summed E-state index contributed by atoms with van der Waals surface area (Å²) in [6.45, 7) is 2.11. The number of hydrogen-bond donors (Lipinski definition) is 1. The van der Waals surface area contributed by atoms with E-state index in [0.717, 1.165) is 5.56 Å². The Hall–Kier alpha value is -4.76. The van der Waals surface area contributed by atoms with Crippen LogP contribution >= 0.6 is 11.6 Å². The molecule has 1 aromatic heterocycles. The topological polar surface area (TPSA) is 110 Å². The van der Waals surface area contributed by atoms with Crippen LogP contribution in [-0.4, -0.2) is 44.5 Å². The number of anilines is 1. The fraction of sp³-hybridized carbons (Fsp3) is 0.138. The zero-order valence-corrected chi connectivity index (χ0v) is 21.9. The SMILES string of the molecule is CCCN(CC(=O)Nc1cc(-c2ccccc2)nn1-c1ccccc1Cl)C(=O)C=Cc1ccc([N+](=O)[O-])cc1. The minimum Gasteiger partial charge on any atom is -0.330 e. The Bertz CT molecular complexity index is 1500.